The van der Waals surface area contributed by atoms with Crippen molar-refractivity contribution in [1.82, 2.24) is 16.2 Å². The molecule has 3 amide bonds. The zero-order chi connectivity index (χ0) is 18.3. The molecule has 24 heavy (non-hydrogen) atoms. The Bertz CT molecular complexity index is 618. The van der Waals surface area contributed by atoms with Crippen molar-refractivity contribution in [2.45, 2.75) is 40.2 Å². The smallest absolute Gasteiger partial charge is 0.312 e. The number of rotatable bonds is 5. The molecule has 0 radical (unpaired) electrons. The molecule has 0 heterocycles. The molecule has 8 heteroatoms. The molecular weight excluding hydrogens is 326 g/mol. The number of nitrogens with two attached hydrogens (primary N) is 1. The molecule has 1 aromatic carbocycles. The van der Waals surface area contributed by atoms with Gasteiger partial charge in [0, 0.05) is 5.69 Å². The molecule has 0 saturated carbocycles. The third kappa shape index (κ3) is 6.41. The summed E-state index contributed by atoms with van der Waals surface area (Å²) in [6.07, 6.45) is 0.466. The first-order valence-electron chi connectivity index (χ1n) is 7.69. The maximum atomic E-state index is 12.2. The lowest BCUT2D eigenvalue weighted by molar-refractivity contribution is -0.123. The van der Waals surface area contributed by atoms with Gasteiger partial charge in [-0.3, -0.25) is 15.6 Å². The van der Waals surface area contributed by atoms with Crippen molar-refractivity contribution < 1.29 is 9.59 Å². The van der Waals surface area contributed by atoms with Crippen LogP contribution in [-0.2, 0) is 4.79 Å². The first kappa shape index (κ1) is 19.7. The monoisotopic (exact) mass is 351 g/mol. The van der Waals surface area contributed by atoms with Crippen LogP contribution in [0.2, 0.25) is 0 Å². The molecule has 132 valence electrons. The van der Waals surface area contributed by atoms with E-state index in [1.807, 2.05) is 45.9 Å². The minimum atomic E-state index is -0.744. The fourth-order valence-corrected chi connectivity index (χ4v) is 2.28. The first-order chi connectivity index (χ1) is 11.2. The van der Waals surface area contributed by atoms with Gasteiger partial charge in [-0.15, -0.1) is 0 Å². The van der Waals surface area contributed by atoms with Crippen molar-refractivity contribution in [3.8, 4) is 0 Å². The van der Waals surface area contributed by atoms with Crippen LogP contribution >= 0.6 is 12.2 Å². The summed E-state index contributed by atoms with van der Waals surface area (Å²) in [7, 11) is 0. The lowest BCUT2D eigenvalue weighted by Crippen LogP contribution is -2.54. The Morgan fingerprint density at radius 2 is 1.88 bits per heavy atom. The molecule has 0 aromatic heterocycles. The average molecular weight is 351 g/mol. The van der Waals surface area contributed by atoms with Gasteiger partial charge in [-0.25, -0.2) is 4.79 Å². The summed E-state index contributed by atoms with van der Waals surface area (Å²) in [6.45, 7) is 7.88. The molecule has 0 aliphatic carbocycles. The lowest BCUT2D eigenvalue weighted by atomic mass is 10.0. The third-order valence-corrected chi connectivity index (χ3v) is 3.70. The van der Waals surface area contributed by atoms with Gasteiger partial charge in [-0.1, -0.05) is 26.0 Å². The van der Waals surface area contributed by atoms with E-state index < -0.39 is 18.0 Å². The van der Waals surface area contributed by atoms with Gasteiger partial charge in [0.2, 0.25) is 0 Å². The number of hydrazine groups is 1. The minimum absolute atomic E-state index is 0.215. The summed E-state index contributed by atoms with van der Waals surface area (Å²) in [4.78, 5) is 23.2. The second kappa shape index (κ2) is 9.07. The summed E-state index contributed by atoms with van der Waals surface area (Å²) < 4.78 is 0. The molecular formula is C16H25N5O2S. The molecule has 0 bridgehead atoms. The van der Waals surface area contributed by atoms with Gasteiger partial charge in [0.25, 0.3) is 5.91 Å². The second-order valence-corrected chi connectivity index (χ2v) is 6.41. The molecule has 6 N–H and O–H groups in total. The molecule has 1 rings (SSSR count). The number of hydrogen-bond donors (Lipinski definition) is 5. The van der Waals surface area contributed by atoms with E-state index >= 15 is 0 Å². The van der Waals surface area contributed by atoms with Crippen molar-refractivity contribution in [2.75, 3.05) is 5.32 Å². The number of carbonyl (C=O) groups is 2. The van der Waals surface area contributed by atoms with Crippen molar-refractivity contribution in [1.29, 1.82) is 0 Å². The molecule has 0 aliphatic heterocycles. The number of anilines is 1. The Hall–Kier alpha value is -2.35. The van der Waals surface area contributed by atoms with Crippen LogP contribution in [0.15, 0.2) is 18.2 Å². The second-order valence-electron chi connectivity index (χ2n) is 6.01. The van der Waals surface area contributed by atoms with Crippen molar-refractivity contribution in [3.05, 3.63) is 29.3 Å². The SMILES string of the molecule is Cc1cccc(NC(=S)NNC(=O)C(CC(C)C)NC(N)=O)c1C. The molecule has 0 aliphatic rings. The predicted molar refractivity (Wildman–Crippen MR) is 99.4 cm³/mol. The van der Waals surface area contributed by atoms with E-state index in [2.05, 4.69) is 21.5 Å². The zero-order valence-corrected chi connectivity index (χ0v) is 15.2. The van der Waals surface area contributed by atoms with Gasteiger partial charge in [-0.05, 0) is 55.6 Å². The van der Waals surface area contributed by atoms with Crippen molar-refractivity contribution >= 4 is 35.0 Å². The predicted octanol–water partition coefficient (Wildman–Crippen LogP) is 1.70. The Morgan fingerprint density at radius 1 is 1.21 bits per heavy atom. The molecule has 0 spiro atoms. The molecule has 0 saturated heterocycles. The zero-order valence-electron chi connectivity index (χ0n) is 14.4. The van der Waals surface area contributed by atoms with E-state index in [1.165, 1.54) is 0 Å². The Kier molecular flexibility index (Phi) is 7.44. The first-order valence-corrected chi connectivity index (χ1v) is 8.10. The number of benzene rings is 1. The normalized spacial score (nSPS) is 11.5. The summed E-state index contributed by atoms with van der Waals surface area (Å²) in [6, 6.07) is 4.35. The van der Waals surface area contributed by atoms with Gasteiger partial charge in [0.1, 0.15) is 6.04 Å². The van der Waals surface area contributed by atoms with Crippen LogP contribution < -0.4 is 27.2 Å². The Labute approximate surface area is 147 Å². The highest BCUT2D eigenvalue weighted by Gasteiger charge is 2.21. The van der Waals surface area contributed by atoms with Crippen LogP contribution in [0.1, 0.15) is 31.4 Å². The molecule has 1 aromatic rings. The van der Waals surface area contributed by atoms with E-state index in [9.17, 15) is 9.59 Å². The standard InChI is InChI=1S/C16H25N5O2S/c1-9(2)8-13(18-15(17)23)14(22)20-21-16(24)19-12-7-5-6-10(3)11(12)4/h5-7,9,13H,8H2,1-4H3,(H,20,22)(H3,17,18,23)(H2,19,21,24). The van der Waals surface area contributed by atoms with Crippen LogP contribution in [-0.4, -0.2) is 23.1 Å². The van der Waals surface area contributed by atoms with Gasteiger partial charge in [0.05, 0.1) is 0 Å². The molecule has 1 atom stereocenters. The number of nitrogens with one attached hydrogen (secondary N) is 4. The summed E-state index contributed by atoms with van der Waals surface area (Å²) >= 11 is 5.17. The van der Waals surface area contributed by atoms with Crippen LogP contribution in [0.4, 0.5) is 10.5 Å². The van der Waals surface area contributed by atoms with E-state index in [-0.39, 0.29) is 11.0 Å². The summed E-state index contributed by atoms with van der Waals surface area (Å²) in [5.41, 5.74) is 13.3. The number of hydrogen-bond acceptors (Lipinski definition) is 3. The fraction of sp³-hybridized carbons (Fsp3) is 0.438. The molecule has 0 fully saturated rings. The maximum Gasteiger partial charge on any atom is 0.312 e. The molecule has 7 nitrogen and oxygen atoms in total. The fourth-order valence-electron chi connectivity index (χ4n) is 2.12. The highest BCUT2D eigenvalue weighted by molar-refractivity contribution is 7.80. The number of amides is 3. The third-order valence-electron chi connectivity index (χ3n) is 3.49. The topological polar surface area (TPSA) is 108 Å². The minimum Gasteiger partial charge on any atom is -0.352 e. The lowest BCUT2D eigenvalue weighted by Gasteiger charge is -2.20. The van der Waals surface area contributed by atoms with E-state index in [1.54, 1.807) is 0 Å². The number of thiocarbonyl (C=S) groups is 1. The average Bonchev–Trinajstić information content (AvgIpc) is 2.48. The number of carbonyl (C=O) groups excluding carboxylic acids is 2. The molecule has 1 unspecified atom stereocenters. The van der Waals surface area contributed by atoms with Crippen LogP contribution in [0, 0.1) is 19.8 Å². The largest absolute Gasteiger partial charge is 0.352 e. The maximum absolute atomic E-state index is 12.2. The highest BCUT2D eigenvalue weighted by Crippen LogP contribution is 2.17. The van der Waals surface area contributed by atoms with E-state index in [0.717, 1.165) is 16.8 Å². The summed E-state index contributed by atoms with van der Waals surface area (Å²) in [5, 5.41) is 5.69. The van der Waals surface area contributed by atoms with Crippen LogP contribution in [0.25, 0.3) is 0 Å². The van der Waals surface area contributed by atoms with Gasteiger partial charge < -0.3 is 16.4 Å². The number of aryl methyl sites for hydroxylation is 1. The van der Waals surface area contributed by atoms with Crippen molar-refractivity contribution in [3.63, 3.8) is 0 Å². The van der Waals surface area contributed by atoms with Crippen molar-refractivity contribution in [2.24, 2.45) is 11.7 Å². The van der Waals surface area contributed by atoms with Gasteiger partial charge >= 0.3 is 6.03 Å². The van der Waals surface area contributed by atoms with Crippen LogP contribution in [0.5, 0.6) is 0 Å². The van der Waals surface area contributed by atoms with E-state index in [0.29, 0.717) is 6.42 Å². The summed E-state index contributed by atoms with van der Waals surface area (Å²) in [5.74, 6) is -0.194. The Morgan fingerprint density at radius 3 is 2.46 bits per heavy atom. The number of primary amides is 1. The van der Waals surface area contributed by atoms with Gasteiger partial charge in [-0.2, -0.15) is 0 Å². The Balaban J connectivity index is 2.59. The highest BCUT2D eigenvalue weighted by atomic mass is 32.1. The quantitative estimate of drug-likeness (QED) is 0.410. The number of urea groups is 1. The van der Waals surface area contributed by atoms with E-state index in [4.69, 9.17) is 18.0 Å². The van der Waals surface area contributed by atoms with Gasteiger partial charge in [0.15, 0.2) is 5.11 Å². The van der Waals surface area contributed by atoms with Crippen LogP contribution in [0.3, 0.4) is 0 Å².